The number of carbonyl (C=O) groups is 9. The van der Waals surface area contributed by atoms with Crippen molar-refractivity contribution in [3.05, 3.63) is 29.8 Å². The van der Waals surface area contributed by atoms with Crippen molar-refractivity contribution < 1.29 is 90.5 Å². The highest BCUT2D eigenvalue weighted by molar-refractivity contribution is 5.92. The molecule has 0 unspecified atom stereocenters. The van der Waals surface area contributed by atoms with Gasteiger partial charge in [0.25, 0.3) is 0 Å². The Morgan fingerprint density at radius 3 is 1.32 bits per heavy atom. The molecule has 2 N–H and O–H groups in total. The van der Waals surface area contributed by atoms with Crippen molar-refractivity contribution >= 4 is 53.6 Å². The fourth-order valence-electron chi connectivity index (χ4n) is 5.81. The molecule has 2 fully saturated rings. The molecule has 0 radical (unpaired) electrons. The molecule has 0 saturated carbocycles. The van der Waals surface area contributed by atoms with Gasteiger partial charge in [0.15, 0.2) is 24.4 Å². The second-order valence-electron chi connectivity index (χ2n) is 12.5. The number of esters is 7. The maximum absolute atomic E-state index is 14.0. The third kappa shape index (κ3) is 12.9. The molecular formula is C35H44N2O19. The molecule has 3 rings (SSSR count). The summed E-state index contributed by atoms with van der Waals surface area (Å²) in [5, 5.41) is 5.02. The summed E-state index contributed by atoms with van der Waals surface area (Å²) in [5.74, 6) is -7.68. The smallest absolute Gasteiger partial charge is 0.344 e. The Balaban J connectivity index is 2.07. The number of hydrogen-bond acceptors (Lipinski definition) is 19. The van der Waals surface area contributed by atoms with Crippen LogP contribution in [-0.2, 0) is 81.0 Å². The van der Waals surface area contributed by atoms with E-state index in [1.165, 1.54) is 24.3 Å². The van der Waals surface area contributed by atoms with Gasteiger partial charge in [-0.15, -0.1) is 0 Å². The summed E-state index contributed by atoms with van der Waals surface area (Å²) in [6, 6.07) is 2.53. The zero-order valence-corrected chi connectivity index (χ0v) is 31.8. The van der Waals surface area contributed by atoms with Gasteiger partial charge in [-0.3, -0.25) is 38.4 Å². The Kier molecular flexibility index (Phi) is 16.1. The van der Waals surface area contributed by atoms with Crippen molar-refractivity contribution in [2.45, 2.75) is 117 Å². The fraction of sp³-hybridized carbons (Fsp3) is 0.571. The Morgan fingerprint density at radius 1 is 0.518 bits per heavy atom. The van der Waals surface area contributed by atoms with Crippen LogP contribution in [0.25, 0.3) is 0 Å². The predicted octanol–water partition coefficient (Wildman–Crippen LogP) is -0.466. The lowest BCUT2D eigenvalue weighted by Gasteiger charge is -2.45. The number of hydrogen-bond donors (Lipinski definition) is 2. The molecule has 2 aliphatic heterocycles. The SMILES string of the molecule is CC(=O)N[C@@H]1[C@H](OC(=O)c2ccccc2O[C@@H]2O[C@@H](COC(C)=O)[C@@H](OC(C)=O)[C@@H](OC(C)=O)[C@@H]2NC(C)=O)O[C@@H](COC(C)=O)[C@@H](OC(C)=O)[C@@H]1OC(C)=O. The van der Waals surface area contributed by atoms with Crippen LogP contribution in [0.15, 0.2) is 24.3 Å². The van der Waals surface area contributed by atoms with Crippen LogP contribution < -0.4 is 15.4 Å². The lowest BCUT2D eigenvalue weighted by Crippen LogP contribution is -2.67. The van der Waals surface area contributed by atoms with E-state index in [1.54, 1.807) is 0 Å². The van der Waals surface area contributed by atoms with Crippen molar-refractivity contribution in [1.82, 2.24) is 10.6 Å². The zero-order chi connectivity index (χ0) is 41.9. The highest BCUT2D eigenvalue weighted by Gasteiger charge is 2.54. The molecule has 2 aliphatic rings. The summed E-state index contributed by atoms with van der Waals surface area (Å²) in [6.07, 6.45) is -12.1. The van der Waals surface area contributed by atoms with E-state index in [4.69, 9.17) is 47.4 Å². The normalized spacial score (nSPS) is 26.9. The van der Waals surface area contributed by atoms with E-state index in [-0.39, 0.29) is 11.3 Å². The van der Waals surface area contributed by atoms with E-state index in [2.05, 4.69) is 10.6 Å². The second kappa shape index (κ2) is 20.2. The van der Waals surface area contributed by atoms with Gasteiger partial charge in [0.2, 0.25) is 24.4 Å². The van der Waals surface area contributed by atoms with Crippen LogP contribution in [0, 0.1) is 0 Å². The number of amides is 2. The Labute approximate surface area is 320 Å². The van der Waals surface area contributed by atoms with Crippen LogP contribution in [0.3, 0.4) is 0 Å². The summed E-state index contributed by atoms with van der Waals surface area (Å²) in [5.41, 5.74) is -0.312. The van der Waals surface area contributed by atoms with E-state index in [0.717, 1.165) is 55.4 Å². The minimum atomic E-state index is -1.79. The number of ether oxygens (including phenoxy) is 10. The van der Waals surface area contributed by atoms with Crippen molar-refractivity contribution in [1.29, 1.82) is 0 Å². The van der Waals surface area contributed by atoms with Gasteiger partial charge in [-0.05, 0) is 12.1 Å². The van der Waals surface area contributed by atoms with Crippen LogP contribution in [0.2, 0.25) is 0 Å². The molecule has 0 bridgehead atoms. The van der Waals surface area contributed by atoms with E-state index < -0.39 is 128 Å². The van der Waals surface area contributed by atoms with Crippen molar-refractivity contribution in [3.63, 3.8) is 0 Å². The van der Waals surface area contributed by atoms with Crippen LogP contribution in [0.4, 0.5) is 0 Å². The molecule has 0 aromatic heterocycles. The Bertz CT molecular complexity index is 1660. The molecule has 0 spiro atoms. The summed E-state index contributed by atoms with van der Waals surface area (Å²) in [4.78, 5) is 111. The summed E-state index contributed by atoms with van der Waals surface area (Å²) < 4.78 is 55.7. The highest BCUT2D eigenvalue weighted by Crippen LogP contribution is 2.33. The van der Waals surface area contributed by atoms with Gasteiger partial charge in [-0.25, -0.2) is 4.79 Å². The molecule has 56 heavy (non-hydrogen) atoms. The minimum Gasteiger partial charge on any atom is -0.463 e. The largest absolute Gasteiger partial charge is 0.463 e. The van der Waals surface area contributed by atoms with E-state index in [9.17, 15) is 43.2 Å². The maximum atomic E-state index is 14.0. The number of carbonyl (C=O) groups excluding carboxylic acids is 9. The molecule has 10 atom stereocenters. The van der Waals surface area contributed by atoms with Gasteiger partial charge in [-0.1, -0.05) is 12.1 Å². The van der Waals surface area contributed by atoms with Gasteiger partial charge < -0.3 is 58.0 Å². The van der Waals surface area contributed by atoms with Gasteiger partial charge in [0, 0.05) is 55.4 Å². The van der Waals surface area contributed by atoms with Crippen molar-refractivity contribution in [2.75, 3.05) is 13.2 Å². The van der Waals surface area contributed by atoms with Crippen molar-refractivity contribution in [3.8, 4) is 5.75 Å². The first kappa shape index (κ1) is 44.6. The molecule has 21 nitrogen and oxygen atoms in total. The van der Waals surface area contributed by atoms with Gasteiger partial charge >= 0.3 is 41.8 Å². The first-order chi connectivity index (χ1) is 26.3. The standard InChI is InChI=1S/C35H44N2O19/c1-15(38)36-27-31(51-21(7)44)29(49-19(5)42)25(13-47-17(3)40)54-34(27)53-24-12-10-9-11-23(24)33(46)56-35-28(37-16(2)39)32(52-22(8)45)30(50-20(6)43)26(55-35)14-48-18(4)41/h9-12,25-32,34-35H,13-14H2,1-8H3,(H,36,38)(H,37,39)/t25-,26-,27-,28-,29+,30+,31-,32+,34+,35-/m0/s1. The predicted molar refractivity (Wildman–Crippen MR) is 180 cm³/mol. The second-order valence-corrected chi connectivity index (χ2v) is 12.5. The number of nitrogens with one attached hydrogen (secondary N) is 2. The van der Waals surface area contributed by atoms with Gasteiger partial charge in [-0.2, -0.15) is 0 Å². The number of para-hydroxylation sites is 1. The van der Waals surface area contributed by atoms with Gasteiger partial charge in [0.05, 0.1) is 0 Å². The maximum Gasteiger partial charge on any atom is 0.344 e. The third-order valence-electron chi connectivity index (χ3n) is 7.72. The first-order valence-electron chi connectivity index (χ1n) is 17.0. The lowest BCUT2D eigenvalue weighted by atomic mass is 9.96. The van der Waals surface area contributed by atoms with Crippen LogP contribution >= 0.6 is 0 Å². The van der Waals surface area contributed by atoms with Crippen LogP contribution in [-0.4, -0.2) is 128 Å². The topological polar surface area (TPSA) is 270 Å². The number of benzene rings is 1. The zero-order valence-electron chi connectivity index (χ0n) is 31.8. The molecular weight excluding hydrogens is 752 g/mol. The van der Waals surface area contributed by atoms with E-state index in [1.807, 2.05) is 0 Å². The summed E-state index contributed by atoms with van der Waals surface area (Å²) in [6.45, 7) is 7.58. The van der Waals surface area contributed by atoms with Gasteiger partial charge in [0.1, 0.15) is 48.8 Å². The molecule has 1 aromatic carbocycles. The lowest BCUT2D eigenvalue weighted by molar-refractivity contribution is -0.264. The average Bonchev–Trinajstić information content (AvgIpc) is 3.07. The minimum absolute atomic E-state index is 0.255. The molecule has 308 valence electrons. The molecule has 1 aromatic rings. The van der Waals surface area contributed by atoms with Crippen LogP contribution in [0.5, 0.6) is 5.75 Å². The monoisotopic (exact) mass is 796 g/mol. The third-order valence-corrected chi connectivity index (χ3v) is 7.72. The first-order valence-corrected chi connectivity index (χ1v) is 17.0. The quantitative estimate of drug-likeness (QED) is 0.178. The number of rotatable bonds is 14. The molecule has 2 amide bonds. The average molecular weight is 797 g/mol. The van der Waals surface area contributed by atoms with E-state index >= 15 is 0 Å². The summed E-state index contributed by atoms with van der Waals surface area (Å²) in [7, 11) is 0. The van der Waals surface area contributed by atoms with E-state index in [0.29, 0.717) is 0 Å². The molecule has 21 heteroatoms. The Morgan fingerprint density at radius 2 is 0.911 bits per heavy atom. The summed E-state index contributed by atoms with van der Waals surface area (Å²) >= 11 is 0. The fourth-order valence-corrected chi connectivity index (χ4v) is 5.81. The molecule has 0 aliphatic carbocycles. The molecule has 2 saturated heterocycles. The Hall–Kier alpha value is -5.83. The van der Waals surface area contributed by atoms with Crippen molar-refractivity contribution in [2.24, 2.45) is 0 Å². The highest BCUT2D eigenvalue weighted by atomic mass is 16.7. The van der Waals surface area contributed by atoms with Crippen LogP contribution in [0.1, 0.15) is 65.7 Å². The molecule has 2 heterocycles.